The predicted molar refractivity (Wildman–Crippen MR) is 54.4 cm³/mol. The Kier molecular flexibility index (Phi) is 20.3. The fourth-order valence-corrected chi connectivity index (χ4v) is 1.36. The van der Waals surface area contributed by atoms with Crippen molar-refractivity contribution in [1.82, 2.24) is 0 Å². The Morgan fingerprint density at radius 3 is 1.85 bits per heavy atom. The molecule has 0 N–H and O–H groups in total. The molecule has 1 nitrogen and oxygen atoms in total. The molecule has 0 rings (SSSR count). The Balaban J connectivity index is -0.000000605. The van der Waals surface area contributed by atoms with Crippen molar-refractivity contribution >= 4 is 6.29 Å². The van der Waals surface area contributed by atoms with Gasteiger partial charge in [0.2, 0.25) is 0 Å². The van der Waals surface area contributed by atoms with Crippen LogP contribution in [0.4, 0.5) is 0 Å². The van der Waals surface area contributed by atoms with Gasteiger partial charge >= 0.3 is 51.4 Å². The minimum absolute atomic E-state index is 0. The van der Waals surface area contributed by atoms with Crippen LogP contribution in [0.25, 0.3) is 0 Å². The van der Waals surface area contributed by atoms with Crippen LogP contribution < -0.4 is 51.4 Å². The maximum atomic E-state index is 9.98. The number of hydrogen-bond donors (Lipinski definition) is 0. The molecule has 0 saturated heterocycles. The zero-order chi connectivity index (χ0) is 9.07. The zero-order valence-corrected chi connectivity index (χ0v) is 12.5. The van der Waals surface area contributed by atoms with Crippen molar-refractivity contribution < 1.29 is 57.6 Å². The summed E-state index contributed by atoms with van der Waals surface area (Å²) in [5.41, 5.74) is 0. The van der Waals surface area contributed by atoms with Gasteiger partial charge in [0.05, 0.1) is 0 Å². The van der Waals surface area contributed by atoms with E-state index in [9.17, 15) is 4.79 Å². The van der Waals surface area contributed by atoms with Crippen LogP contribution in [0.1, 0.15) is 66.1 Å². The van der Waals surface area contributed by atoms with Gasteiger partial charge in [-0.1, -0.05) is 51.9 Å². The van der Waals surface area contributed by atoms with Crippen molar-refractivity contribution in [3.63, 3.8) is 0 Å². The largest absolute Gasteiger partial charge is 1.00 e. The van der Waals surface area contributed by atoms with E-state index < -0.39 is 0 Å². The van der Waals surface area contributed by atoms with Gasteiger partial charge in [-0.25, -0.2) is 0 Å². The van der Waals surface area contributed by atoms with E-state index in [1.54, 1.807) is 0 Å². The number of carbonyl (C=O) groups is 1. The maximum Gasteiger partial charge on any atom is 1.00 e. The molecule has 0 spiro atoms. The van der Waals surface area contributed by atoms with Gasteiger partial charge in [-0.05, 0) is 6.42 Å². The van der Waals surface area contributed by atoms with Gasteiger partial charge < -0.3 is 6.22 Å². The normalized spacial score (nSPS) is 9.31. The van der Waals surface area contributed by atoms with Crippen LogP contribution in [0, 0.1) is 0 Å². The molecular formula is C11H23KO. The fraction of sp³-hybridized carbons (Fsp3) is 0.909. The Hall–Kier alpha value is 1.31. The van der Waals surface area contributed by atoms with Gasteiger partial charge in [0, 0.05) is 6.42 Å². The van der Waals surface area contributed by atoms with Gasteiger partial charge in [-0.15, -0.1) is 0 Å². The summed E-state index contributed by atoms with van der Waals surface area (Å²) in [6.07, 6.45) is 12.3. The molecule has 2 heteroatoms. The van der Waals surface area contributed by atoms with Crippen LogP contribution in [-0.2, 0) is 4.79 Å². The van der Waals surface area contributed by atoms with E-state index in [-0.39, 0.29) is 52.8 Å². The first kappa shape index (κ1) is 16.7. The molecule has 0 radical (unpaired) electrons. The molecule has 0 bridgehead atoms. The van der Waals surface area contributed by atoms with Crippen molar-refractivity contribution in [2.24, 2.45) is 0 Å². The van der Waals surface area contributed by atoms with Crippen LogP contribution in [0.2, 0.25) is 0 Å². The van der Waals surface area contributed by atoms with E-state index in [0.29, 0.717) is 0 Å². The second-order valence-corrected chi connectivity index (χ2v) is 3.43. The van der Waals surface area contributed by atoms with Crippen LogP contribution in [0.5, 0.6) is 0 Å². The third kappa shape index (κ3) is 16.0. The maximum absolute atomic E-state index is 9.98. The summed E-state index contributed by atoms with van der Waals surface area (Å²) in [5.74, 6) is 0. The van der Waals surface area contributed by atoms with Crippen LogP contribution >= 0.6 is 0 Å². The Labute approximate surface area is 127 Å². The third-order valence-corrected chi connectivity index (χ3v) is 2.18. The van der Waals surface area contributed by atoms with E-state index in [0.717, 1.165) is 19.1 Å². The average molecular weight is 210 g/mol. The molecule has 0 aliphatic heterocycles. The third-order valence-electron chi connectivity index (χ3n) is 2.18. The summed E-state index contributed by atoms with van der Waals surface area (Å²) in [6.45, 7) is 2.24. The Bertz CT molecular complexity index is 99.3. The second kappa shape index (κ2) is 15.8. The van der Waals surface area contributed by atoms with Gasteiger partial charge in [0.25, 0.3) is 0 Å². The van der Waals surface area contributed by atoms with Crippen LogP contribution in [-0.4, -0.2) is 6.29 Å². The Morgan fingerprint density at radius 1 is 0.923 bits per heavy atom. The number of rotatable bonds is 9. The zero-order valence-electron chi connectivity index (χ0n) is 10.3. The molecule has 0 fully saturated rings. The monoisotopic (exact) mass is 210 g/mol. The van der Waals surface area contributed by atoms with E-state index in [4.69, 9.17) is 0 Å². The predicted octanol–water partition coefficient (Wildman–Crippen LogP) is 0.833. The molecular weight excluding hydrogens is 187 g/mol. The molecule has 0 aromatic rings. The first-order valence-corrected chi connectivity index (χ1v) is 5.35. The van der Waals surface area contributed by atoms with Gasteiger partial charge in [0.1, 0.15) is 6.29 Å². The molecule has 0 saturated carbocycles. The topological polar surface area (TPSA) is 17.1 Å². The van der Waals surface area contributed by atoms with Gasteiger partial charge in [-0.3, -0.25) is 0 Å². The quantitative estimate of drug-likeness (QED) is 0.313. The molecule has 0 atom stereocenters. The molecule has 13 heavy (non-hydrogen) atoms. The summed E-state index contributed by atoms with van der Waals surface area (Å²) in [6, 6.07) is 0. The fourth-order valence-electron chi connectivity index (χ4n) is 1.36. The molecule has 0 aromatic heterocycles. The molecule has 0 unspecified atom stereocenters. The molecule has 74 valence electrons. The summed E-state index contributed by atoms with van der Waals surface area (Å²) >= 11 is 0. The van der Waals surface area contributed by atoms with Crippen LogP contribution in [0.15, 0.2) is 0 Å². The molecule has 0 aliphatic rings. The number of aldehydes is 1. The summed E-state index contributed by atoms with van der Waals surface area (Å²) < 4.78 is 0. The van der Waals surface area contributed by atoms with E-state index in [2.05, 4.69) is 6.92 Å². The standard InChI is InChI=1S/C11H22O.K.H/c1-2-3-4-5-6-7-8-9-10-11-12;;/h11H,2-10H2,1H3;;/q;+1;-1. The van der Waals surface area contributed by atoms with Gasteiger partial charge in [-0.2, -0.15) is 0 Å². The van der Waals surface area contributed by atoms with Crippen molar-refractivity contribution in [2.45, 2.75) is 64.7 Å². The average Bonchev–Trinajstić information content (AvgIpc) is 2.10. The molecule has 0 heterocycles. The smallest absolute Gasteiger partial charge is 1.00 e. The number of carbonyl (C=O) groups excluding carboxylic acids is 1. The summed E-state index contributed by atoms with van der Waals surface area (Å²) in [4.78, 5) is 9.98. The van der Waals surface area contributed by atoms with E-state index in [1.807, 2.05) is 0 Å². The molecule has 0 aliphatic carbocycles. The van der Waals surface area contributed by atoms with Crippen molar-refractivity contribution in [2.75, 3.05) is 0 Å². The first-order valence-electron chi connectivity index (χ1n) is 5.35. The van der Waals surface area contributed by atoms with Crippen LogP contribution in [0.3, 0.4) is 0 Å². The minimum Gasteiger partial charge on any atom is -1.00 e. The summed E-state index contributed by atoms with van der Waals surface area (Å²) in [5, 5.41) is 0. The molecule has 0 aromatic carbocycles. The SMILES string of the molecule is CCCCCCCCCCC=O.[H-].[K+]. The van der Waals surface area contributed by atoms with Crippen molar-refractivity contribution in [3.05, 3.63) is 0 Å². The number of hydrogen-bond acceptors (Lipinski definition) is 1. The minimum atomic E-state index is 0. The second-order valence-electron chi connectivity index (χ2n) is 3.43. The van der Waals surface area contributed by atoms with Crippen molar-refractivity contribution in [1.29, 1.82) is 0 Å². The van der Waals surface area contributed by atoms with Crippen molar-refractivity contribution in [3.8, 4) is 0 Å². The number of unbranched alkanes of at least 4 members (excludes halogenated alkanes) is 8. The first-order chi connectivity index (χ1) is 5.91. The molecule has 0 amide bonds. The Morgan fingerprint density at radius 2 is 1.38 bits per heavy atom. The van der Waals surface area contributed by atoms with E-state index in [1.165, 1.54) is 44.9 Å². The van der Waals surface area contributed by atoms with E-state index >= 15 is 0 Å². The summed E-state index contributed by atoms with van der Waals surface area (Å²) in [7, 11) is 0. The van der Waals surface area contributed by atoms with Gasteiger partial charge in [0.15, 0.2) is 0 Å².